The zero-order valence-corrected chi connectivity index (χ0v) is 11.7. The van der Waals surface area contributed by atoms with Gasteiger partial charge in [0.1, 0.15) is 0 Å². The summed E-state index contributed by atoms with van der Waals surface area (Å²) < 4.78 is 4.83. The zero-order valence-electron chi connectivity index (χ0n) is 6.50. The van der Waals surface area contributed by atoms with E-state index in [2.05, 4.69) is 0 Å². The topological polar surface area (TPSA) is 26.3 Å². The summed E-state index contributed by atoms with van der Waals surface area (Å²) in [6, 6.07) is 9.69. The molecular formula is C8H7BaClO2. The molecule has 4 heteroatoms. The molecule has 0 heterocycles. The van der Waals surface area contributed by atoms with Gasteiger partial charge in [-0.3, -0.25) is 0 Å². The second-order valence-electron chi connectivity index (χ2n) is 2.15. The Morgan fingerprint density at radius 3 is 2.42 bits per heavy atom. The van der Waals surface area contributed by atoms with Crippen LogP contribution in [-0.4, -0.2) is 47.0 Å². The molecule has 0 aliphatic heterocycles. The summed E-state index contributed by atoms with van der Waals surface area (Å²) in [6.07, 6.45) is 0. The second-order valence-corrected chi connectivity index (χ2v) is 3.96. The molecule has 1 aromatic carbocycles. The Labute approximate surface area is 110 Å². The quantitative estimate of drug-likeness (QED) is 0.622. The van der Waals surface area contributed by atoms with Gasteiger partial charge in [0.15, 0.2) is 0 Å². The van der Waals surface area contributed by atoms with Gasteiger partial charge < -0.3 is 12.4 Å². The van der Waals surface area contributed by atoms with Crippen molar-refractivity contribution in [1.82, 2.24) is 0 Å². The molecule has 0 unspecified atom stereocenters. The molecule has 60 valence electrons. The van der Waals surface area contributed by atoms with Crippen LogP contribution in [0.4, 0.5) is 4.79 Å². The molecule has 0 N–H and O–H groups in total. The van der Waals surface area contributed by atoms with E-state index in [4.69, 9.17) is 4.74 Å². The number of hydrogen-bond donors (Lipinski definition) is 0. The Bertz CT molecular complexity index is 238. The SMILES string of the molecule is O=[C]([Ba+])OCc1ccccc1.[Cl-]. The Balaban J connectivity index is 0.00000121. The van der Waals surface area contributed by atoms with E-state index in [0.29, 0.717) is 6.61 Å². The maximum absolute atomic E-state index is 10.5. The predicted octanol–water partition coefficient (Wildman–Crippen LogP) is -1.50. The molecule has 0 aliphatic rings. The van der Waals surface area contributed by atoms with Gasteiger partial charge in [-0.15, -0.1) is 0 Å². The van der Waals surface area contributed by atoms with Crippen LogP contribution in [0.1, 0.15) is 5.56 Å². The van der Waals surface area contributed by atoms with Gasteiger partial charge in [0, 0.05) is 0 Å². The van der Waals surface area contributed by atoms with E-state index in [1.54, 1.807) is 0 Å². The maximum Gasteiger partial charge on any atom is -1.00 e. The summed E-state index contributed by atoms with van der Waals surface area (Å²) in [7, 11) is 0. The normalized spacial score (nSPS) is 8.50. The van der Waals surface area contributed by atoms with Crippen molar-refractivity contribution < 1.29 is 21.9 Å². The van der Waals surface area contributed by atoms with Crippen molar-refractivity contribution in [3.8, 4) is 0 Å². The molecule has 1 aromatic rings. The molecule has 0 saturated carbocycles. The third-order valence-corrected chi connectivity index (χ3v) is 1.88. The predicted molar refractivity (Wildman–Crippen MR) is 42.4 cm³/mol. The Hall–Kier alpha value is 0.551. The Morgan fingerprint density at radius 1 is 1.33 bits per heavy atom. The monoisotopic (exact) mass is 308 g/mol. The van der Waals surface area contributed by atoms with Crippen LogP contribution >= 0.6 is 0 Å². The van der Waals surface area contributed by atoms with E-state index in [-0.39, 0.29) is 59.4 Å². The van der Waals surface area contributed by atoms with Crippen LogP contribution in [0.3, 0.4) is 0 Å². The molecule has 0 saturated heterocycles. The van der Waals surface area contributed by atoms with Gasteiger partial charge in [0.05, 0.1) is 0 Å². The molecule has 0 fully saturated rings. The smallest absolute Gasteiger partial charge is 1.00 e. The van der Waals surface area contributed by atoms with Gasteiger partial charge in [0.2, 0.25) is 0 Å². The van der Waals surface area contributed by atoms with E-state index >= 15 is 0 Å². The molecule has 0 spiro atoms. The number of hydrogen-bond acceptors (Lipinski definition) is 2. The first kappa shape index (κ1) is 12.6. The minimum Gasteiger partial charge on any atom is -1.00 e. The second kappa shape index (κ2) is 7.00. The van der Waals surface area contributed by atoms with Crippen molar-refractivity contribution >= 4 is 47.0 Å². The largest absolute Gasteiger partial charge is 1.00 e. The minimum atomic E-state index is -0.0474. The summed E-state index contributed by atoms with van der Waals surface area (Å²) in [5.74, 6) is 0. The van der Waals surface area contributed by atoms with Gasteiger partial charge in [-0.05, 0) is 0 Å². The molecule has 0 radical (unpaired) electrons. The summed E-state index contributed by atoms with van der Waals surface area (Å²) in [5.41, 5.74) is 1.05. The molecule has 0 aromatic heterocycles. The molecule has 12 heavy (non-hydrogen) atoms. The van der Waals surface area contributed by atoms with Crippen molar-refractivity contribution in [3.63, 3.8) is 0 Å². The van der Waals surface area contributed by atoms with Gasteiger partial charge in [0.25, 0.3) is 0 Å². The average Bonchev–Trinajstić information content (AvgIpc) is 2.03. The first-order valence-corrected chi connectivity index (χ1v) is 5.54. The van der Waals surface area contributed by atoms with Crippen molar-refractivity contribution in [3.05, 3.63) is 35.9 Å². The number of carbonyl (C=O) groups excluding carboxylic acids is 1. The Morgan fingerprint density at radius 2 is 1.92 bits per heavy atom. The van der Waals surface area contributed by atoms with Crippen LogP contribution in [0, 0.1) is 0 Å². The van der Waals surface area contributed by atoms with Crippen molar-refractivity contribution in [2.24, 2.45) is 0 Å². The Kier molecular flexibility index (Phi) is 7.32. The summed E-state index contributed by atoms with van der Waals surface area (Å²) in [4.78, 5) is 10.5. The number of carbonyl (C=O) groups is 1. The van der Waals surface area contributed by atoms with Crippen molar-refractivity contribution in [2.75, 3.05) is 0 Å². The summed E-state index contributed by atoms with van der Waals surface area (Å²) in [5, 5.41) is 0. The maximum atomic E-state index is 10.5. The van der Waals surface area contributed by atoms with E-state index in [9.17, 15) is 4.79 Å². The fraction of sp³-hybridized carbons (Fsp3) is 0.125. The molecule has 0 aliphatic carbocycles. The first-order valence-electron chi connectivity index (χ1n) is 3.31. The van der Waals surface area contributed by atoms with Crippen LogP contribution in [0.25, 0.3) is 0 Å². The molecule has 2 nitrogen and oxygen atoms in total. The molecule has 0 atom stereocenters. The fourth-order valence-corrected chi connectivity index (χ4v) is 1.06. The van der Waals surface area contributed by atoms with Crippen LogP contribution in [-0.2, 0) is 11.3 Å². The van der Waals surface area contributed by atoms with E-state index in [1.807, 2.05) is 30.3 Å². The van der Waals surface area contributed by atoms with Crippen LogP contribution in [0.15, 0.2) is 30.3 Å². The van der Waals surface area contributed by atoms with E-state index in [0.717, 1.165) is 5.56 Å². The molecular weight excluding hydrogens is 301 g/mol. The number of rotatable bonds is 2. The van der Waals surface area contributed by atoms with Crippen LogP contribution in [0.5, 0.6) is 0 Å². The van der Waals surface area contributed by atoms with Gasteiger partial charge >= 0.3 is 99.0 Å². The van der Waals surface area contributed by atoms with Crippen LogP contribution in [0.2, 0.25) is 0 Å². The fourth-order valence-electron chi connectivity index (χ4n) is 0.738. The van der Waals surface area contributed by atoms with E-state index in [1.165, 1.54) is 0 Å². The summed E-state index contributed by atoms with van der Waals surface area (Å²) >= 11 is 0.0938. The number of ether oxygens (including phenoxy) is 1. The van der Waals surface area contributed by atoms with Crippen LogP contribution < -0.4 is 12.4 Å². The van der Waals surface area contributed by atoms with Crippen molar-refractivity contribution in [2.45, 2.75) is 6.61 Å². The average molecular weight is 308 g/mol. The third kappa shape index (κ3) is 5.24. The third-order valence-electron chi connectivity index (χ3n) is 1.24. The number of halogens is 1. The zero-order chi connectivity index (χ0) is 8.10. The standard InChI is InChI=1S/C8H7O2.Ba.ClH/c9-7-10-6-8-4-2-1-3-5-8;;/h1-5H,6H2;;1H/q;+1;/p-1. The number of benzene rings is 1. The first-order chi connectivity index (χ1) is 5.29. The minimum absolute atomic E-state index is 0. The summed E-state index contributed by atoms with van der Waals surface area (Å²) in [6.45, 7) is 0.420. The van der Waals surface area contributed by atoms with E-state index < -0.39 is 0 Å². The van der Waals surface area contributed by atoms with Gasteiger partial charge in [-0.2, -0.15) is 0 Å². The van der Waals surface area contributed by atoms with Gasteiger partial charge in [-0.1, -0.05) is 0 Å². The molecule has 0 amide bonds. The van der Waals surface area contributed by atoms with Crippen molar-refractivity contribution in [1.29, 1.82) is 0 Å². The van der Waals surface area contributed by atoms with Gasteiger partial charge in [-0.25, -0.2) is 0 Å². The molecule has 1 rings (SSSR count). The molecule has 0 bridgehead atoms.